The Bertz CT molecular complexity index is 299. The molecule has 112 valence electrons. The highest BCUT2D eigenvalue weighted by atomic mass is 16.4. The first-order valence-corrected chi connectivity index (χ1v) is 7.07. The molecule has 0 aliphatic carbocycles. The number of carbonyl (C=O) groups excluding carboxylic acids is 1. The van der Waals surface area contributed by atoms with E-state index in [-0.39, 0.29) is 5.91 Å². The van der Waals surface area contributed by atoms with Crippen molar-refractivity contribution in [2.24, 2.45) is 5.92 Å². The second kappa shape index (κ2) is 8.15. The minimum atomic E-state index is -1.02. The van der Waals surface area contributed by atoms with E-state index in [0.717, 1.165) is 6.42 Å². The van der Waals surface area contributed by atoms with E-state index in [4.69, 9.17) is 0 Å². The highest BCUT2D eigenvalue weighted by molar-refractivity contribution is 5.84. The average molecular weight is 272 g/mol. The van der Waals surface area contributed by atoms with Gasteiger partial charge in [-0.2, -0.15) is 0 Å². The maximum atomic E-state index is 11.9. The zero-order valence-corrected chi connectivity index (χ0v) is 12.7. The summed E-state index contributed by atoms with van der Waals surface area (Å²) in [5.74, 6) is -0.513. The van der Waals surface area contributed by atoms with Crippen LogP contribution < -0.4 is 10.6 Å². The molecule has 0 radical (unpaired) electrons. The normalized spacial score (nSPS) is 13.4. The standard InChI is InChI=1S/C14H28N2O3/c1-6-14(7-2,13(18)19)16-11(5)12(17)15-9-8-10(3)4/h10-11,16H,6-9H2,1-5H3,(H,15,17)(H,18,19). The van der Waals surface area contributed by atoms with Gasteiger partial charge in [0.05, 0.1) is 6.04 Å². The van der Waals surface area contributed by atoms with E-state index in [1.807, 2.05) is 13.8 Å². The van der Waals surface area contributed by atoms with Crippen molar-refractivity contribution in [1.82, 2.24) is 10.6 Å². The molecule has 0 heterocycles. The van der Waals surface area contributed by atoms with Crippen LogP contribution in [0.25, 0.3) is 0 Å². The van der Waals surface area contributed by atoms with Gasteiger partial charge in [0.1, 0.15) is 5.54 Å². The lowest BCUT2D eigenvalue weighted by Crippen LogP contribution is -2.58. The molecule has 5 heteroatoms. The highest BCUT2D eigenvalue weighted by Crippen LogP contribution is 2.16. The Hall–Kier alpha value is -1.10. The fraction of sp³-hybridized carbons (Fsp3) is 0.857. The minimum Gasteiger partial charge on any atom is -0.480 e. The van der Waals surface area contributed by atoms with E-state index < -0.39 is 17.6 Å². The molecule has 1 unspecified atom stereocenters. The molecule has 0 rings (SSSR count). The number of carboxylic acid groups (broad SMARTS) is 1. The van der Waals surface area contributed by atoms with Gasteiger partial charge in [0, 0.05) is 6.54 Å². The van der Waals surface area contributed by atoms with E-state index in [1.54, 1.807) is 6.92 Å². The lowest BCUT2D eigenvalue weighted by molar-refractivity contribution is -0.146. The molecule has 0 aromatic heterocycles. The number of aliphatic carboxylic acids is 1. The first kappa shape index (κ1) is 17.9. The number of hydrogen-bond donors (Lipinski definition) is 3. The van der Waals surface area contributed by atoms with Crippen molar-refractivity contribution in [1.29, 1.82) is 0 Å². The topological polar surface area (TPSA) is 78.4 Å². The van der Waals surface area contributed by atoms with Crippen LogP contribution in [0, 0.1) is 5.92 Å². The van der Waals surface area contributed by atoms with Crippen molar-refractivity contribution >= 4 is 11.9 Å². The van der Waals surface area contributed by atoms with Gasteiger partial charge in [-0.3, -0.25) is 14.9 Å². The molecule has 1 atom stereocenters. The Morgan fingerprint density at radius 3 is 2.05 bits per heavy atom. The van der Waals surface area contributed by atoms with Crippen LogP contribution in [0.5, 0.6) is 0 Å². The first-order valence-electron chi connectivity index (χ1n) is 7.07. The molecule has 0 aliphatic rings. The Morgan fingerprint density at radius 1 is 1.16 bits per heavy atom. The van der Waals surface area contributed by atoms with Gasteiger partial charge in [0.2, 0.25) is 5.91 Å². The summed E-state index contributed by atoms with van der Waals surface area (Å²) in [5.41, 5.74) is -1.02. The Kier molecular flexibility index (Phi) is 7.68. The van der Waals surface area contributed by atoms with Gasteiger partial charge in [-0.1, -0.05) is 27.7 Å². The van der Waals surface area contributed by atoms with Crippen molar-refractivity contribution in [2.75, 3.05) is 6.54 Å². The molecule has 0 saturated heterocycles. The number of rotatable bonds is 9. The number of carboxylic acids is 1. The third kappa shape index (κ3) is 5.59. The molecule has 0 spiro atoms. The van der Waals surface area contributed by atoms with Crippen molar-refractivity contribution < 1.29 is 14.7 Å². The van der Waals surface area contributed by atoms with Gasteiger partial charge in [-0.05, 0) is 32.1 Å². The number of hydrogen-bond acceptors (Lipinski definition) is 3. The lowest BCUT2D eigenvalue weighted by Gasteiger charge is -2.31. The van der Waals surface area contributed by atoms with Gasteiger partial charge in [-0.15, -0.1) is 0 Å². The summed E-state index contributed by atoms with van der Waals surface area (Å²) < 4.78 is 0. The van der Waals surface area contributed by atoms with Crippen molar-refractivity contribution in [3.8, 4) is 0 Å². The van der Waals surface area contributed by atoms with Crippen LogP contribution in [0.3, 0.4) is 0 Å². The molecule has 0 aromatic rings. The summed E-state index contributed by atoms with van der Waals surface area (Å²) in [5, 5.41) is 15.1. The second-order valence-corrected chi connectivity index (χ2v) is 5.43. The van der Waals surface area contributed by atoms with E-state index >= 15 is 0 Å². The molecule has 0 fully saturated rings. The van der Waals surface area contributed by atoms with Gasteiger partial charge in [-0.25, -0.2) is 0 Å². The quantitative estimate of drug-likeness (QED) is 0.598. The smallest absolute Gasteiger partial charge is 0.323 e. The fourth-order valence-electron chi connectivity index (χ4n) is 1.94. The molecule has 19 heavy (non-hydrogen) atoms. The highest BCUT2D eigenvalue weighted by Gasteiger charge is 2.37. The SMILES string of the molecule is CCC(CC)(NC(C)C(=O)NCCC(C)C)C(=O)O. The predicted octanol–water partition coefficient (Wildman–Crippen LogP) is 1.77. The van der Waals surface area contributed by atoms with Crippen molar-refractivity contribution in [3.05, 3.63) is 0 Å². The van der Waals surface area contributed by atoms with Crippen LogP contribution >= 0.6 is 0 Å². The summed E-state index contributed by atoms with van der Waals surface area (Å²) in [6, 6.07) is -0.511. The zero-order chi connectivity index (χ0) is 15.1. The monoisotopic (exact) mass is 272 g/mol. The van der Waals surface area contributed by atoms with Crippen LogP contribution in [-0.2, 0) is 9.59 Å². The number of nitrogens with one attached hydrogen (secondary N) is 2. The number of amides is 1. The van der Waals surface area contributed by atoms with E-state index in [0.29, 0.717) is 25.3 Å². The maximum Gasteiger partial charge on any atom is 0.323 e. The molecule has 0 aromatic carbocycles. The maximum absolute atomic E-state index is 11.9. The van der Waals surface area contributed by atoms with E-state index in [1.165, 1.54) is 0 Å². The molecular formula is C14H28N2O3. The number of carbonyl (C=O) groups is 2. The third-order valence-electron chi connectivity index (χ3n) is 3.52. The van der Waals surface area contributed by atoms with Gasteiger partial charge in [0.25, 0.3) is 0 Å². The van der Waals surface area contributed by atoms with Crippen LogP contribution in [-0.4, -0.2) is 35.1 Å². The average Bonchev–Trinajstić information content (AvgIpc) is 2.34. The summed E-state index contributed by atoms with van der Waals surface area (Å²) in [4.78, 5) is 23.2. The zero-order valence-electron chi connectivity index (χ0n) is 12.7. The van der Waals surface area contributed by atoms with Crippen LogP contribution in [0.4, 0.5) is 0 Å². The molecule has 0 saturated carbocycles. The van der Waals surface area contributed by atoms with E-state index in [9.17, 15) is 14.7 Å². The summed E-state index contributed by atoms with van der Waals surface area (Å²) in [6.45, 7) is 10.1. The molecule has 0 aliphatic heterocycles. The second-order valence-electron chi connectivity index (χ2n) is 5.43. The minimum absolute atomic E-state index is 0.145. The van der Waals surface area contributed by atoms with Crippen LogP contribution in [0.2, 0.25) is 0 Å². The Morgan fingerprint density at radius 2 is 1.68 bits per heavy atom. The fourth-order valence-corrected chi connectivity index (χ4v) is 1.94. The molecule has 1 amide bonds. The lowest BCUT2D eigenvalue weighted by atomic mass is 9.92. The molecular weight excluding hydrogens is 244 g/mol. The molecule has 3 N–H and O–H groups in total. The first-order chi connectivity index (χ1) is 8.79. The third-order valence-corrected chi connectivity index (χ3v) is 3.52. The summed E-state index contributed by atoms with van der Waals surface area (Å²) in [6.07, 6.45) is 1.81. The van der Waals surface area contributed by atoms with Crippen molar-refractivity contribution in [2.45, 2.75) is 65.5 Å². The van der Waals surface area contributed by atoms with Crippen LogP contribution in [0.15, 0.2) is 0 Å². The predicted molar refractivity (Wildman–Crippen MR) is 76.0 cm³/mol. The van der Waals surface area contributed by atoms with E-state index in [2.05, 4.69) is 24.5 Å². The molecule has 5 nitrogen and oxygen atoms in total. The Balaban J connectivity index is 4.44. The van der Waals surface area contributed by atoms with Gasteiger partial charge in [0.15, 0.2) is 0 Å². The molecule has 0 bridgehead atoms. The summed E-state index contributed by atoms with van der Waals surface area (Å²) >= 11 is 0. The van der Waals surface area contributed by atoms with Gasteiger partial charge < -0.3 is 10.4 Å². The largest absolute Gasteiger partial charge is 0.480 e. The van der Waals surface area contributed by atoms with Crippen molar-refractivity contribution in [3.63, 3.8) is 0 Å². The van der Waals surface area contributed by atoms with Crippen LogP contribution in [0.1, 0.15) is 53.9 Å². The van der Waals surface area contributed by atoms with Gasteiger partial charge >= 0.3 is 5.97 Å². The summed E-state index contributed by atoms with van der Waals surface area (Å²) in [7, 11) is 0. The Labute approximate surface area is 116 Å².